The zero-order valence-corrected chi connectivity index (χ0v) is 22.9. The summed E-state index contributed by atoms with van der Waals surface area (Å²) in [6.45, 7) is 1.51. The van der Waals surface area contributed by atoms with E-state index in [0.717, 1.165) is 10.6 Å². The summed E-state index contributed by atoms with van der Waals surface area (Å²) in [7, 11) is 0. The highest BCUT2D eigenvalue weighted by atomic mass is 35.5. The van der Waals surface area contributed by atoms with Gasteiger partial charge >= 0.3 is 18.1 Å². The summed E-state index contributed by atoms with van der Waals surface area (Å²) in [6, 6.07) is 12.2. The van der Waals surface area contributed by atoms with Gasteiger partial charge in [-0.05, 0) is 54.6 Å². The number of hydrogen-bond donors (Lipinski definition) is 1. The van der Waals surface area contributed by atoms with Crippen LogP contribution in [0.1, 0.15) is 40.9 Å². The summed E-state index contributed by atoms with van der Waals surface area (Å²) in [6.07, 6.45) is -1.11. The Morgan fingerprint density at radius 1 is 1.05 bits per heavy atom. The van der Waals surface area contributed by atoms with E-state index >= 15 is 0 Å². The Bertz CT molecular complexity index is 1260. The Morgan fingerprint density at radius 2 is 1.82 bits per heavy atom. The van der Waals surface area contributed by atoms with E-state index in [0.29, 0.717) is 55.4 Å². The number of aromatic nitrogens is 1. The van der Waals surface area contributed by atoms with E-state index in [4.69, 9.17) is 16.3 Å². The maximum absolute atomic E-state index is 13.5. The van der Waals surface area contributed by atoms with Gasteiger partial charge in [0.05, 0.1) is 6.54 Å². The van der Waals surface area contributed by atoms with Crippen molar-refractivity contribution in [2.45, 2.75) is 38.4 Å². The normalized spacial score (nSPS) is 11.1. The first-order valence-corrected chi connectivity index (χ1v) is 13.6. The van der Waals surface area contributed by atoms with E-state index in [1.807, 2.05) is 29.6 Å². The average molecular weight is 598 g/mol. The second-order valence-electron chi connectivity index (χ2n) is 8.56. The Morgan fingerprint density at radius 3 is 2.52 bits per heavy atom. The fraction of sp³-hybridized carbons (Fsp3) is 0.333. The number of carbonyl (C=O) groups is 3. The monoisotopic (exact) mass is 597 g/mol. The fourth-order valence-corrected chi connectivity index (χ4v) is 4.53. The van der Waals surface area contributed by atoms with Crippen LogP contribution in [0.4, 0.5) is 18.9 Å². The van der Waals surface area contributed by atoms with Gasteiger partial charge in [0.2, 0.25) is 0 Å². The molecule has 0 bridgehead atoms. The molecule has 1 N–H and O–H groups in total. The van der Waals surface area contributed by atoms with Gasteiger partial charge in [0, 0.05) is 53.1 Å². The van der Waals surface area contributed by atoms with Crippen LogP contribution in [0.5, 0.6) is 5.75 Å². The zero-order chi connectivity index (χ0) is 29.0. The lowest BCUT2D eigenvalue weighted by Gasteiger charge is -2.23. The van der Waals surface area contributed by atoms with Crippen LogP contribution in [0.25, 0.3) is 0 Å². The predicted molar refractivity (Wildman–Crippen MR) is 144 cm³/mol. The van der Waals surface area contributed by atoms with Crippen molar-refractivity contribution in [3.05, 3.63) is 75.7 Å². The minimum absolute atomic E-state index is 0.202. The molecule has 0 unspecified atom stereocenters. The summed E-state index contributed by atoms with van der Waals surface area (Å²) in [5, 5.41) is 5.44. The van der Waals surface area contributed by atoms with E-state index < -0.39 is 18.1 Å². The maximum atomic E-state index is 13.5. The number of amides is 1. The van der Waals surface area contributed by atoms with Crippen LogP contribution >= 0.6 is 22.9 Å². The smallest absolute Gasteiger partial charge is 0.491 e. The second-order valence-corrected chi connectivity index (χ2v) is 10.0. The number of rotatable bonds is 14. The summed E-state index contributed by atoms with van der Waals surface area (Å²) in [5.74, 6) is -3.60. The molecule has 2 aromatic heterocycles. The van der Waals surface area contributed by atoms with Gasteiger partial charge < -0.3 is 19.7 Å². The first-order valence-electron chi connectivity index (χ1n) is 12.3. The van der Waals surface area contributed by atoms with E-state index in [9.17, 15) is 27.6 Å². The molecule has 0 radical (unpaired) electrons. The van der Waals surface area contributed by atoms with E-state index in [-0.39, 0.29) is 18.7 Å². The van der Waals surface area contributed by atoms with Crippen molar-refractivity contribution in [3.8, 4) is 5.75 Å². The molecular formula is C27H27ClF3N3O5S. The standard InChI is InChI=1S/C27H27ClF3N3O5S/c28-20-15-19(16-22(17-20)38-13-11-33-21-7-9-32-10-8-21)25(36)34(18-23-5-4-14-40-23)12-3-1-2-6-24(35)39-26(37)27(29,30)31/h4-5,7-10,14-17H,1-3,6,11-13,18H2,(H,32,33). The van der Waals surface area contributed by atoms with E-state index in [1.165, 1.54) is 11.3 Å². The van der Waals surface area contributed by atoms with Crippen molar-refractivity contribution in [2.24, 2.45) is 0 Å². The van der Waals surface area contributed by atoms with Crippen molar-refractivity contribution >= 4 is 46.5 Å². The first kappa shape index (κ1) is 30.9. The molecule has 8 nitrogen and oxygen atoms in total. The molecule has 0 saturated carbocycles. The van der Waals surface area contributed by atoms with Crippen LogP contribution in [-0.2, 0) is 20.9 Å². The minimum Gasteiger partial charge on any atom is -0.492 e. The second kappa shape index (κ2) is 15.2. The highest BCUT2D eigenvalue weighted by Crippen LogP contribution is 2.24. The number of hydrogen-bond acceptors (Lipinski definition) is 8. The highest BCUT2D eigenvalue weighted by Gasteiger charge is 2.42. The molecule has 2 heterocycles. The van der Waals surface area contributed by atoms with Gasteiger partial charge in [0.25, 0.3) is 5.91 Å². The summed E-state index contributed by atoms with van der Waals surface area (Å²) < 4.78 is 46.3. The molecule has 3 rings (SSSR count). The number of alkyl halides is 3. The molecule has 214 valence electrons. The van der Waals surface area contributed by atoms with Gasteiger partial charge in [-0.2, -0.15) is 13.2 Å². The van der Waals surface area contributed by atoms with Crippen LogP contribution in [0.3, 0.4) is 0 Å². The number of benzene rings is 1. The number of nitrogens with zero attached hydrogens (tertiary/aromatic N) is 2. The van der Waals surface area contributed by atoms with Crippen molar-refractivity contribution in [2.75, 3.05) is 25.0 Å². The summed E-state index contributed by atoms with van der Waals surface area (Å²) in [4.78, 5) is 42.3. The Balaban J connectivity index is 1.54. The van der Waals surface area contributed by atoms with Gasteiger partial charge in [0.1, 0.15) is 12.4 Å². The Kier molecular flexibility index (Phi) is 11.8. The molecule has 0 fully saturated rings. The molecule has 0 saturated heterocycles. The van der Waals surface area contributed by atoms with Gasteiger partial charge in [-0.25, -0.2) is 4.79 Å². The molecule has 13 heteroatoms. The third kappa shape index (κ3) is 10.5. The number of anilines is 1. The lowest BCUT2D eigenvalue weighted by molar-refractivity contribution is -0.201. The molecule has 3 aromatic rings. The van der Waals surface area contributed by atoms with Gasteiger partial charge in [0.15, 0.2) is 0 Å². The van der Waals surface area contributed by atoms with E-state index in [1.54, 1.807) is 35.5 Å². The number of nitrogens with one attached hydrogen (secondary N) is 1. The van der Waals surface area contributed by atoms with Crippen LogP contribution in [0.2, 0.25) is 5.02 Å². The van der Waals surface area contributed by atoms with Crippen LogP contribution < -0.4 is 10.1 Å². The topological polar surface area (TPSA) is 97.8 Å². The van der Waals surface area contributed by atoms with Gasteiger partial charge in [-0.15, -0.1) is 11.3 Å². The number of carbonyl (C=O) groups excluding carboxylic acids is 3. The molecule has 1 aromatic carbocycles. The van der Waals surface area contributed by atoms with Gasteiger partial charge in [-0.1, -0.05) is 24.1 Å². The van der Waals surface area contributed by atoms with Crippen LogP contribution in [0, 0.1) is 0 Å². The number of esters is 2. The summed E-state index contributed by atoms with van der Waals surface area (Å²) in [5.41, 5.74) is 1.24. The van der Waals surface area contributed by atoms with E-state index in [2.05, 4.69) is 15.0 Å². The highest BCUT2D eigenvalue weighted by molar-refractivity contribution is 7.09. The maximum Gasteiger partial charge on any atom is 0.491 e. The number of unbranched alkanes of at least 4 members (excludes halogenated alkanes) is 2. The third-order valence-electron chi connectivity index (χ3n) is 5.46. The minimum atomic E-state index is -5.22. The van der Waals surface area contributed by atoms with Gasteiger partial charge in [-0.3, -0.25) is 14.6 Å². The lowest BCUT2D eigenvalue weighted by atomic mass is 10.1. The van der Waals surface area contributed by atoms with Crippen LogP contribution in [-0.4, -0.2) is 53.6 Å². The number of halogens is 4. The molecule has 0 aliphatic carbocycles. The Labute approximate surface area is 238 Å². The molecule has 1 amide bonds. The first-order chi connectivity index (χ1) is 19.1. The SMILES string of the molecule is O=C(CCCCCN(Cc1cccs1)C(=O)c1cc(Cl)cc(OCCNc2ccncc2)c1)OC(=O)C(F)(F)F. The molecule has 0 aliphatic heterocycles. The Hall–Kier alpha value is -3.64. The fourth-order valence-electron chi connectivity index (χ4n) is 3.59. The van der Waals surface area contributed by atoms with Crippen molar-refractivity contribution in [1.29, 1.82) is 0 Å². The quantitative estimate of drug-likeness (QED) is 0.136. The number of thiophene rings is 1. The molecule has 0 atom stereocenters. The van der Waals surface area contributed by atoms with Crippen molar-refractivity contribution in [1.82, 2.24) is 9.88 Å². The lowest BCUT2D eigenvalue weighted by Crippen LogP contribution is -2.31. The number of ether oxygens (including phenoxy) is 2. The molecule has 40 heavy (non-hydrogen) atoms. The molecule has 0 spiro atoms. The predicted octanol–water partition coefficient (Wildman–Crippen LogP) is 6.12. The molecule has 0 aliphatic rings. The largest absolute Gasteiger partial charge is 0.492 e. The zero-order valence-electron chi connectivity index (χ0n) is 21.3. The van der Waals surface area contributed by atoms with Crippen molar-refractivity contribution in [3.63, 3.8) is 0 Å². The summed E-state index contributed by atoms with van der Waals surface area (Å²) >= 11 is 7.78. The number of pyridine rings is 1. The third-order valence-corrected chi connectivity index (χ3v) is 6.54. The molecular weight excluding hydrogens is 571 g/mol. The van der Waals surface area contributed by atoms with Crippen molar-refractivity contribution < 1.29 is 37.0 Å². The average Bonchev–Trinajstić information content (AvgIpc) is 3.43. The van der Waals surface area contributed by atoms with Crippen LogP contribution in [0.15, 0.2) is 60.2 Å².